The van der Waals surface area contributed by atoms with Gasteiger partial charge in [-0.3, -0.25) is 29.3 Å². The minimum atomic E-state index is -3.16. The third-order valence-electron chi connectivity index (χ3n) is 13.2. The third kappa shape index (κ3) is 7.33. The van der Waals surface area contributed by atoms with E-state index >= 15 is 13.2 Å². The minimum absolute atomic E-state index is 0.123. The van der Waals surface area contributed by atoms with Crippen molar-refractivity contribution in [3.63, 3.8) is 0 Å². The van der Waals surface area contributed by atoms with Crippen molar-refractivity contribution in [2.24, 2.45) is 25.9 Å². The van der Waals surface area contributed by atoms with Crippen LogP contribution in [0.2, 0.25) is 5.02 Å². The number of rotatable bonds is 8. The number of aromatic nitrogens is 5. The molecule has 3 N–H and O–H groups in total. The highest BCUT2D eigenvalue weighted by Gasteiger charge is 2.51. The van der Waals surface area contributed by atoms with Crippen LogP contribution < -0.4 is 36.0 Å². The molecule has 19 heteroatoms. The number of carbonyl (C=O) groups is 2. The lowest BCUT2D eigenvalue weighted by molar-refractivity contribution is -0.134. The van der Waals surface area contributed by atoms with Gasteiger partial charge < -0.3 is 29.7 Å². The standard InChI is InChI=1S/C43H47ClF3N11O4/c1-54-31-10-8-25(18-28(31)35-37(41(54)61)62-22-43(46,47)38(51-35)23-6-7-23)49-39-29(44)19-48-42(52-39)58-13-12-24(30(45)21-58)20-56-14-16-57(17-15-56)32-5-3-4-26-34(53-55(2)36(26)32)27-9-11-33(59)50-40(27)60/h3-5,8,10,18-19,23-24,27,30,38,51H,6-7,9,11-17,20-22H2,1-2H3,(H,48,49,52)(H,50,59,60)/t24-,27?,30+,38-/m0/s1. The van der Waals surface area contributed by atoms with Gasteiger partial charge in [0.25, 0.3) is 5.56 Å². The van der Waals surface area contributed by atoms with Crippen molar-refractivity contribution in [2.45, 2.75) is 56.2 Å². The van der Waals surface area contributed by atoms with Gasteiger partial charge in [-0.2, -0.15) is 10.1 Å². The fraction of sp³-hybridized carbons (Fsp3) is 0.488. The number of amides is 2. The van der Waals surface area contributed by atoms with Crippen LogP contribution >= 0.6 is 11.6 Å². The zero-order valence-corrected chi connectivity index (χ0v) is 35.1. The molecular formula is C43H47ClF3N11O4. The van der Waals surface area contributed by atoms with Crippen molar-refractivity contribution in [3.8, 4) is 5.75 Å². The number of piperidine rings is 2. The lowest BCUT2D eigenvalue weighted by Crippen LogP contribution is -2.51. The summed E-state index contributed by atoms with van der Waals surface area (Å²) >= 11 is 6.59. The number of nitrogens with one attached hydrogen (secondary N) is 3. The molecule has 3 saturated heterocycles. The van der Waals surface area contributed by atoms with E-state index in [1.807, 2.05) is 28.8 Å². The van der Waals surface area contributed by atoms with Crippen LogP contribution in [-0.4, -0.2) is 112 Å². The van der Waals surface area contributed by atoms with Crippen LogP contribution in [0.25, 0.3) is 21.8 Å². The maximum atomic E-state index is 16.0. The first-order chi connectivity index (χ1) is 29.8. The number of aryl methyl sites for hydroxylation is 2. The Kier molecular flexibility index (Phi) is 10.2. The SMILES string of the molecule is Cn1nc(C2CCC(=O)NC2=O)c2cccc(N3CCN(C[C@@H]4CCN(c5ncc(Cl)c(Nc6ccc7c(c6)c6c(c(=O)n7C)OCC(F)(F)[C@H](C7CC7)N6)n5)C[C@H]4F)CC3)c21. The summed E-state index contributed by atoms with van der Waals surface area (Å²) in [7, 11) is 3.46. The number of pyridine rings is 1. The molecule has 62 heavy (non-hydrogen) atoms. The van der Waals surface area contributed by atoms with Gasteiger partial charge in [-0.15, -0.1) is 0 Å². The summed E-state index contributed by atoms with van der Waals surface area (Å²) in [6.45, 7) is 3.45. The Hall–Kier alpha value is -5.62. The van der Waals surface area contributed by atoms with E-state index in [4.69, 9.17) is 26.4 Å². The van der Waals surface area contributed by atoms with Crippen LogP contribution in [0.5, 0.6) is 5.75 Å². The molecular weight excluding hydrogens is 827 g/mol. The van der Waals surface area contributed by atoms with Crippen LogP contribution in [0.3, 0.4) is 0 Å². The highest BCUT2D eigenvalue weighted by atomic mass is 35.5. The third-order valence-corrected chi connectivity index (χ3v) is 13.5. The zero-order valence-electron chi connectivity index (χ0n) is 34.3. The van der Waals surface area contributed by atoms with Crippen LogP contribution in [0.15, 0.2) is 47.4 Å². The summed E-state index contributed by atoms with van der Waals surface area (Å²) in [5, 5.41) is 15.1. The number of nitrogens with zero attached hydrogens (tertiary/aromatic N) is 8. The zero-order chi connectivity index (χ0) is 43.0. The van der Waals surface area contributed by atoms with Crippen molar-refractivity contribution in [1.29, 1.82) is 0 Å². The number of benzene rings is 2. The van der Waals surface area contributed by atoms with E-state index < -0.39 is 36.2 Å². The van der Waals surface area contributed by atoms with Crippen molar-refractivity contribution in [3.05, 3.63) is 63.7 Å². The minimum Gasteiger partial charge on any atom is -0.480 e. The maximum absolute atomic E-state index is 16.0. The van der Waals surface area contributed by atoms with Gasteiger partial charge in [0.1, 0.15) is 11.2 Å². The second kappa shape index (κ2) is 15.6. The first-order valence-electron chi connectivity index (χ1n) is 21.2. The Morgan fingerprint density at radius 2 is 1.79 bits per heavy atom. The van der Waals surface area contributed by atoms with E-state index in [1.165, 1.54) is 10.8 Å². The van der Waals surface area contributed by atoms with Gasteiger partial charge in [0.15, 0.2) is 12.4 Å². The number of carbonyl (C=O) groups excluding carboxylic acids is 2. The van der Waals surface area contributed by atoms with E-state index in [0.717, 1.165) is 42.8 Å². The number of fused-ring (bicyclic) bond motifs is 4. The lowest BCUT2D eigenvalue weighted by Gasteiger charge is -2.41. The Morgan fingerprint density at radius 3 is 2.55 bits per heavy atom. The fourth-order valence-electron chi connectivity index (χ4n) is 9.68. The van der Waals surface area contributed by atoms with Crippen LogP contribution in [0.1, 0.15) is 43.7 Å². The molecule has 0 bridgehead atoms. The van der Waals surface area contributed by atoms with E-state index in [2.05, 4.69) is 36.8 Å². The topological polar surface area (TPSA) is 155 Å². The lowest BCUT2D eigenvalue weighted by atomic mass is 9.92. The van der Waals surface area contributed by atoms with Gasteiger partial charge in [0.05, 0.1) is 52.8 Å². The molecule has 0 spiro atoms. The molecule has 0 radical (unpaired) electrons. The van der Waals surface area contributed by atoms with E-state index in [0.29, 0.717) is 72.8 Å². The Morgan fingerprint density at radius 1 is 0.984 bits per heavy atom. The molecule has 4 aliphatic heterocycles. The quantitative estimate of drug-likeness (QED) is 0.173. The molecule has 1 saturated carbocycles. The molecule has 326 valence electrons. The number of imide groups is 1. The molecule has 1 unspecified atom stereocenters. The average Bonchev–Trinajstić information content (AvgIpc) is 4.06. The summed E-state index contributed by atoms with van der Waals surface area (Å²) < 4.78 is 55.0. The number of ether oxygens (including phenoxy) is 1. The van der Waals surface area contributed by atoms with E-state index in [-0.39, 0.29) is 53.1 Å². The second-order valence-corrected chi connectivity index (χ2v) is 17.7. The van der Waals surface area contributed by atoms with Crippen LogP contribution in [0.4, 0.5) is 42.0 Å². The molecule has 5 aliphatic rings. The first-order valence-corrected chi connectivity index (χ1v) is 21.6. The molecule has 4 atom stereocenters. The number of alkyl halides is 3. The van der Waals surface area contributed by atoms with Crippen LogP contribution in [-0.2, 0) is 23.7 Å². The molecule has 2 amide bonds. The summed E-state index contributed by atoms with van der Waals surface area (Å²) in [6, 6.07) is 10.1. The van der Waals surface area contributed by atoms with Gasteiger partial charge in [-0.1, -0.05) is 23.7 Å². The number of halogens is 4. The van der Waals surface area contributed by atoms with Crippen molar-refractivity contribution in [2.75, 3.05) is 72.9 Å². The van der Waals surface area contributed by atoms with Crippen molar-refractivity contribution in [1.82, 2.24) is 34.5 Å². The highest BCUT2D eigenvalue weighted by molar-refractivity contribution is 6.33. The van der Waals surface area contributed by atoms with Crippen molar-refractivity contribution >= 4 is 74.0 Å². The molecule has 10 rings (SSSR count). The number of anilines is 5. The average molecular weight is 874 g/mol. The van der Waals surface area contributed by atoms with Gasteiger partial charge in [-0.25, -0.2) is 18.2 Å². The molecule has 3 aromatic heterocycles. The maximum Gasteiger partial charge on any atom is 0.301 e. The molecule has 2 aromatic carbocycles. The summed E-state index contributed by atoms with van der Waals surface area (Å²) in [4.78, 5) is 53.3. The molecule has 15 nitrogen and oxygen atoms in total. The fourth-order valence-corrected chi connectivity index (χ4v) is 9.81. The van der Waals surface area contributed by atoms with Crippen molar-refractivity contribution < 1.29 is 27.5 Å². The van der Waals surface area contributed by atoms with E-state index in [1.54, 1.807) is 25.2 Å². The van der Waals surface area contributed by atoms with Gasteiger partial charge in [0, 0.05) is 82.2 Å². The Balaban J connectivity index is 0.791. The predicted molar refractivity (Wildman–Crippen MR) is 230 cm³/mol. The highest BCUT2D eigenvalue weighted by Crippen LogP contribution is 2.46. The van der Waals surface area contributed by atoms with E-state index in [9.17, 15) is 14.4 Å². The van der Waals surface area contributed by atoms with Gasteiger partial charge in [0.2, 0.25) is 23.5 Å². The summed E-state index contributed by atoms with van der Waals surface area (Å²) in [5.74, 6) is -4.09. The largest absolute Gasteiger partial charge is 0.480 e. The Bertz CT molecular complexity index is 2670. The van der Waals surface area contributed by atoms with Gasteiger partial charge in [-0.05, 0) is 55.9 Å². The molecule has 1 aliphatic carbocycles. The number of para-hydroxylation sites is 1. The molecule has 5 aromatic rings. The van der Waals surface area contributed by atoms with Crippen LogP contribution in [0, 0.1) is 11.8 Å². The molecule has 4 fully saturated rings. The molecule has 7 heterocycles. The smallest absolute Gasteiger partial charge is 0.301 e. The summed E-state index contributed by atoms with van der Waals surface area (Å²) in [5.41, 5.74) is 3.48. The number of piperazine rings is 1. The normalized spacial score (nSPS) is 24.4. The monoisotopic (exact) mass is 873 g/mol. The first kappa shape index (κ1) is 40.5. The second-order valence-electron chi connectivity index (χ2n) is 17.3. The predicted octanol–water partition coefficient (Wildman–Crippen LogP) is 5.34. The summed E-state index contributed by atoms with van der Waals surface area (Å²) in [6.07, 6.45) is 3.04. The van der Waals surface area contributed by atoms with Gasteiger partial charge >= 0.3 is 5.92 Å². The Labute approximate surface area is 359 Å². The number of hydrogen-bond donors (Lipinski definition) is 3. The number of hydrogen-bond acceptors (Lipinski definition) is 12.